The maximum atomic E-state index is 12.2. The summed E-state index contributed by atoms with van der Waals surface area (Å²) in [5, 5.41) is 11.6. The molecule has 7 nitrogen and oxygen atoms in total. The highest BCUT2D eigenvalue weighted by molar-refractivity contribution is 5.95. The molecular weight excluding hydrogens is 312 g/mol. The van der Waals surface area contributed by atoms with Crippen molar-refractivity contribution in [3.05, 3.63) is 29.6 Å². The van der Waals surface area contributed by atoms with Crippen LogP contribution in [0, 0.1) is 0 Å². The number of carboxylic acids is 1. The highest BCUT2D eigenvalue weighted by atomic mass is 16.6. The van der Waals surface area contributed by atoms with Crippen LogP contribution in [0.3, 0.4) is 0 Å². The quantitative estimate of drug-likeness (QED) is 0.773. The molecule has 2 N–H and O–H groups in total. The number of carbonyl (C=O) groups is 3. The first-order valence-electron chi connectivity index (χ1n) is 7.63. The van der Waals surface area contributed by atoms with Gasteiger partial charge in [-0.15, -0.1) is 0 Å². The molecule has 0 fully saturated rings. The minimum absolute atomic E-state index is 0.129. The second kappa shape index (κ2) is 7.42. The summed E-state index contributed by atoms with van der Waals surface area (Å²) >= 11 is 0. The Morgan fingerprint density at radius 2 is 1.79 bits per heavy atom. The maximum absolute atomic E-state index is 12.2. The summed E-state index contributed by atoms with van der Waals surface area (Å²) in [4.78, 5) is 38.4. The predicted octanol–water partition coefficient (Wildman–Crippen LogP) is 2.41. The smallest absolute Gasteiger partial charge is 0.354 e. The molecule has 0 aliphatic carbocycles. The Kier molecular flexibility index (Phi) is 6.06. The van der Waals surface area contributed by atoms with Crippen molar-refractivity contribution < 1.29 is 24.2 Å². The molecule has 1 heterocycles. The van der Waals surface area contributed by atoms with Crippen molar-refractivity contribution in [2.75, 3.05) is 0 Å². The summed E-state index contributed by atoms with van der Waals surface area (Å²) in [6.45, 7) is 8.99. The van der Waals surface area contributed by atoms with Gasteiger partial charge in [-0.1, -0.05) is 0 Å². The van der Waals surface area contributed by atoms with Crippen molar-refractivity contribution in [2.24, 2.45) is 0 Å². The van der Waals surface area contributed by atoms with E-state index in [0.29, 0.717) is 6.42 Å². The molecule has 7 heteroatoms. The topological polar surface area (TPSA) is 106 Å². The molecular formula is C17H24N2O5. The zero-order valence-electron chi connectivity index (χ0n) is 14.7. The average Bonchev–Trinajstić information content (AvgIpc) is 2.43. The normalized spacial score (nSPS) is 11.7. The molecule has 0 aliphatic rings. The van der Waals surface area contributed by atoms with Gasteiger partial charge in [0, 0.05) is 18.2 Å². The SMILES string of the molecule is CC(C)(CCC(=O)OC(C)(C)C)NC(=O)c1ccc(C(=O)O)nc1. The van der Waals surface area contributed by atoms with E-state index < -0.39 is 17.1 Å². The number of pyridine rings is 1. The molecule has 0 unspecified atom stereocenters. The highest BCUT2D eigenvalue weighted by Gasteiger charge is 2.24. The number of hydrogen-bond donors (Lipinski definition) is 2. The molecule has 0 radical (unpaired) electrons. The first-order valence-corrected chi connectivity index (χ1v) is 7.63. The third-order valence-corrected chi connectivity index (χ3v) is 3.07. The van der Waals surface area contributed by atoms with Crippen molar-refractivity contribution >= 4 is 17.8 Å². The average molecular weight is 336 g/mol. The summed E-state index contributed by atoms with van der Waals surface area (Å²) in [5.74, 6) is -1.86. The van der Waals surface area contributed by atoms with Crippen LogP contribution < -0.4 is 5.32 Å². The van der Waals surface area contributed by atoms with Gasteiger partial charge in [-0.25, -0.2) is 9.78 Å². The first-order chi connectivity index (χ1) is 10.9. The van der Waals surface area contributed by atoms with Crippen molar-refractivity contribution in [1.29, 1.82) is 0 Å². The van der Waals surface area contributed by atoms with Gasteiger partial charge in [-0.3, -0.25) is 9.59 Å². The molecule has 0 aliphatic heterocycles. The summed E-state index contributed by atoms with van der Waals surface area (Å²) < 4.78 is 5.24. The maximum Gasteiger partial charge on any atom is 0.354 e. The van der Waals surface area contributed by atoms with Gasteiger partial charge in [-0.05, 0) is 53.2 Å². The van der Waals surface area contributed by atoms with Crippen LogP contribution in [-0.4, -0.2) is 39.1 Å². The molecule has 0 spiro atoms. The number of ether oxygens (including phenoxy) is 1. The molecule has 1 aromatic rings. The summed E-state index contributed by atoms with van der Waals surface area (Å²) in [5.41, 5.74) is -1.04. The summed E-state index contributed by atoms with van der Waals surface area (Å²) in [6, 6.07) is 2.67. The Balaban J connectivity index is 2.61. The number of rotatable bonds is 6. The van der Waals surface area contributed by atoms with Crippen LogP contribution in [-0.2, 0) is 9.53 Å². The fraction of sp³-hybridized carbons (Fsp3) is 0.529. The van der Waals surface area contributed by atoms with E-state index in [4.69, 9.17) is 9.84 Å². The first kappa shape index (κ1) is 19.6. The lowest BCUT2D eigenvalue weighted by atomic mass is 9.97. The van der Waals surface area contributed by atoms with E-state index in [1.54, 1.807) is 34.6 Å². The third-order valence-electron chi connectivity index (χ3n) is 3.07. The van der Waals surface area contributed by atoms with E-state index in [-0.39, 0.29) is 29.6 Å². The zero-order valence-corrected chi connectivity index (χ0v) is 14.7. The minimum atomic E-state index is -1.15. The molecule has 0 saturated heterocycles. The van der Waals surface area contributed by atoms with Crippen molar-refractivity contribution in [2.45, 2.75) is 58.6 Å². The number of esters is 1. The van der Waals surface area contributed by atoms with Gasteiger partial charge in [0.2, 0.25) is 0 Å². The Bertz CT molecular complexity index is 615. The van der Waals surface area contributed by atoms with Gasteiger partial charge in [0.05, 0.1) is 5.56 Å². The molecule has 24 heavy (non-hydrogen) atoms. The predicted molar refractivity (Wildman–Crippen MR) is 87.8 cm³/mol. The van der Waals surface area contributed by atoms with Gasteiger partial charge in [0.15, 0.2) is 0 Å². The lowest BCUT2D eigenvalue weighted by Gasteiger charge is -2.27. The standard InChI is InChI=1S/C17H24N2O5/c1-16(2,3)24-13(20)8-9-17(4,5)19-14(21)11-6-7-12(15(22)23)18-10-11/h6-7,10H,8-9H2,1-5H3,(H,19,21)(H,22,23). The van der Waals surface area contributed by atoms with E-state index in [2.05, 4.69) is 10.3 Å². The zero-order chi connectivity index (χ0) is 18.5. The molecule has 1 aromatic heterocycles. The van der Waals surface area contributed by atoms with Crippen LogP contribution in [0.5, 0.6) is 0 Å². The summed E-state index contributed by atoms with van der Waals surface area (Å²) in [7, 11) is 0. The monoisotopic (exact) mass is 336 g/mol. The van der Waals surface area contributed by atoms with Gasteiger partial charge in [-0.2, -0.15) is 0 Å². The van der Waals surface area contributed by atoms with E-state index in [0.717, 1.165) is 0 Å². The molecule has 1 rings (SSSR count). The third kappa shape index (κ3) is 6.76. The lowest BCUT2D eigenvalue weighted by molar-refractivity contribution is -0.155. The number of nitrogens with zero attached hydrogens (tertiary/aromatic N) is 1. The van der Waals surface area contributed by atoms with Crippen LogP contribution in [0.15, 0.2) is 18.3 Å². The van der Waals surface area contributed by atoms with E-state index >= 15 is 0 Å². The van der Waals surface area contributed by atoms with Gasteiger partial charge in [0.1, 0.15) is 11.3 Å². The van der Waals surface area contributed by atoms with Crippen LogP contribution in [0.2, 0.25) is 0 Å². The van der Waals surface area contributed by atoms with E-state index in [9.17, 15) is 14.4 Å². The van der Waals surface area contributed by atoms with Gasteiger partial charge >= 0.3 is 11.9 Å². The van der Waals surface area contributed by atoms with Crippen LogP contribution in [0.4, 0.5) is 0 Å². The number of carbonyl (C=O) groups excluding carboxylic acids is 2. The second-order valence-electron chi connectivity index (χ2n) is 7.16. The summed E-state index contributed by atoms with van der Waals surface area (Å²) in [6.07, 6.45) is 1.80. The minimum Gasteiger partial charge on any atom is -0.477 e. The van der Waals surface area contributed by atoms with Crippen molar-refractivity contribution in [3.63, 3.8) is 0 Å². The van der Waals surface area contributed by atoms with Crippen LogP contribution >= 0.6 is 0 Å². The van der Waals surface area contributed by atoms with Gasteiger partial charge < -0.3 is 15.2 Å². The molecule has 0 bridgehead atoms. The Labute approximate surface area is 141 Å². The number of carboxylic acid groups (broad SMARTS) is 1. The van der Waals surface area contributed by atoms with E-state index in [1.807, 2.05) is 0 Å². The van der Waals surface area contributed by atoms with Crippen molar-refractivity contribution in [3.8, 4) is 0 Å². The lowest BCUT2D eigenvalue weighted by Crippen LogP contribution is -2.44. The highest BCUT2D eigenvalue weighted by Crippen LogP contribution is 2.16. The Morgan fingerprint density at radius 3 is 2.25 bits per heavy atom. The number of aromatic nitrogens is 1. The number of hydrogen-bond acceptors (Lipinski definition) is 5. The number of aromatic carboxylic acids is 1. The molecule has 0 saturated carbocycles. The van der Waals surface area contributed by atoms with E-state index in [1.165, 1.54) is 18.3 Å². The van der Waals surface area contributed by atoms with Gasteiger partial charge in [0.25, 0.3) is 5.91 Å². The number of amides is 1. The van der Waals surface area contributed by atoms with Crippen molar-refractivity contribution in [1.82, 2.24) is 10.3 Å². The Morgan fingerprint density at radius 1 is 1.17 bits per heavy atom. The van der Waals surface area contributed by atoms with Crippen LogP contribution in [0.25, 0.3) is 0 Å². The molecule has 0 atom stereocenters. The van der Waals surface area contributed by atoms with Crippen LogP contribution in [0.1, 0.15) is 68.3 Å². The fourth-order valence-corrected chi connectivity index (χ4v) is 1.90. The molecule has 0 aromatic carbocycles. The number of nitrogens with one attached hydrogen (secondary N) is 1. The second-order valence-corrected chi connectivity index (χ2v) is 7.16. The molecule has 1 amide bonds. The fourth-order valence-electron chi connectivity index (χ4n) is 1.90. The Hall–Kier alpha value is -2.44. The largest absolute Gasteiger partial charge is 0.477 e. The molecule has 132 valence electrons.